The summed E-state index contributed by atoms with van der Waals surface area (Å²) >= 11 is 0. The van der Waals surface area contributed by atoms with E-state index in [4.69, 9.17) is 10.8 Å². The van der Waals surface area contributed by atoms with E-state index in [0.717, 1.165) is 67.0 Å². The summed E-state index contributed by atoms with van der Waals surface area (Å²) < 4.78 is 16.6. The largest absolute Gasteiger partial charge is 0.486 e. The Hall–Kier alpha value is -4.68. The van der Waals surface area contributed by atoms with Crippen LogP contribution in [0.3, 0.4) is 0 Å². The molecule has 1 radical (unpaired) electrons. The molecule has 0 N–H and O–H groups in total. The SMILES string of the molecule is Cc1ccc2c(n1)oc1c(-c3nc4ccccc4n3-c3ccccc3C(C)(C)C)[c-]ccc12.[2H]C(C)(C)c1c[c-]c(-c2ccc([Si](C)(C)C)cn2)cc1.[Ir]. The predicted octanol–water partition coefficient (Wildman–Crippen LogP) is 11.6. The van der Waals surface area contributed by atoms with Gasteiger partial charge in [-0.3, -0.25) is 4.98 Å². The number of rotatable bonds is 5. The number of benzene rings is 4. The molecule has 0 aliphatic heterocycles. The Morgan fingerprint density at radius 2 is 1.58 bits per heavy atom. The van der Waals surface area contributed by atoms with Gasteiger partial charge in [0.25, 0.3) is 0 Å². The van der Waals surface area contributed by atoms with Gasteiger partial charge in [-0.05, 0) is 59.1 Å². The molecule has 0 saturated carbocycles. The Morgan fingerprint density at radius 1 is 0.830 bits per heavy atom. The molecular formula is C46H46IrN4OSi-2. The standard InChI is InChI=1S/C29H24N3O.C17H22NSi.Ir/c1-18-16-17-20-19-10-9-11-21(26(19)33-28(20)30-18)27-31-23-13-6-8-15-25(23)32(27)24-14-7-5-12-22(24)29(2,3)4;1-13(2)14-6-8-15(9-7-14)17-11-10-16(12-18-17)19(3,4)5;/h5-10,12-17H,1-4H3;6-8,10-13H,1-5H3;/q2*-1;/i;13D;. The van der Waals surface area contributed by atoms with Crippen molar-refractivity contribution in [3.8, 4) is 28.3 Å². The van der Waals surface area contributed by atoms with Crippen LogP contribution in [0.25, 0.3) is 61.4 Å². The number of pyridine rings is 2. The fraction of sp³-hybridized carbons (Fsp3) is 0.239. The van der Waals surface area contributed by atoms with Crippen LogP contribution in [0, 0.1) is 19.1 Å². The van der Waals surface area contributed by atoms with Gasteiger partial charge in [-0.2, -0.15) is 0 Å². The maximum Gasteiger partial charge on any atom is 0.216 e. The summed E-state index contributed by atoms with van der Waals surface area (Å²) in [5.74, 6) is 0.235. The normalized spacial score (nSPS) is 12.4. The van der Waals surface area contributed by atoms with Crippen LogP contribution in [0.15, 0.2) is 114 Å². The Kier molecular flexibility index (Phi) is 10.4. The number of aromatic nitrogens is 4. The first-order valence-corrected chi connectivity index (χ1v) is 21.4. The fourth-order valence-electron chi connectivity index (χ4n) is 6.51. The van der Waals surface area contributed by atoms with Crippen LogP contribution >= 0.6 is 0 Å². The molecule has 7 heteroatoms. The molecule has 0 aliphatic carbocycles. The second-order valence-corrected chi connectivity index (χ2v) is 20.8. The summed E-state index contributed by atoms with van der Waals surface area (Å²) in [5, 5.41) is 3.39. The molecule has 5 nitrogen and oxygen atoms in total. The van der Waals surface area contributed by atoms with Gasteiger partial charge in [0.05, 0.1) is 30.5 Å². The molecule has 4 aromatic carbocycles. The van der Waals surface area contributed by atoms with Gasteiger partial charge in [0, 0.05) is 44.4 Å². The van der Waals surface area contributed by atoms with Crippen molar-refractivity contribution in [3.63, 3.8) is 0 Å². The van der Waals surface area contributed by atoms with E-state index in [9.17, 15) is 0 Å². The van der Waals surface area contributed by atoms with Crippen molar-refractivity contribution in [1.82, 2.24) is 19.5 Å². The van der Waals surface area contributed by atoms with Crippen molar-refractivity contribution in [2.24, 2.45) is 0 Å². The molecule has 0 saturated heterocycles. The second-order valence-electron chi connectivity index (χ2n) is 15.7. The number of furan rings is 1. The number of fused-ring (bicyclic) bond motifs is 4. The molecule has 0 bridgehead atoms. The number of nitrogens with zero attached hydrogens (tertiary/aromatic N) is 4. The van der Waals surface area contributed by atoms with E-state index in [-0.39, 0.29) is 25.5 Å². The first kappa shape index (κ1) is 36.7. The topological polar surface area (TPSA) is 56.7 Å². The second kappa shape index (κ2) is 15.0. The molecule has 0 atom stereocenters. The number of aryl methyl sites for hydroxylation is 1. The average Bonchev–Trinajstić information content (AvgIpc) is 3.69. The van der Waals surface area contributed by atoms with Crippen molar-refractivity contribution < 1.29 is 25.9 Å². The summed E-state index contributed by atoms with van der Waals surface area (Å²) in [7, 11) is -1.29. The van der Waals surface area contributed by atoms with Gasteiger partial charge in [0.1, 0.15) is 0 Å². The molecule has 8 aromatic rings. The van der Waals surface area contributed by atoms with Crippen LogP contribution in [-0.2, 0) is 25.5 Å². The van der Waals surface area contributed by atoms with Crippen molar-refractivity contribution >= 4 is 46.4 Å². The monoisotopic (exact) mass is 892 g/mol. The maximum atomic E-state index is 8.01. The Bertz CT molecular complexity index is 2520. The van der Waals surface area contributed by atoms with E-state index in [1.54, 1.807) is 0 Å². The maximum absolute atomic E-state index is 8.01. The summed E-state index contributed by atoms with van der Waals surface area (Å²) in [5.41, 5.74) is 10.4. The Morgan fingerprint density at radius 3 is 2.26 bits per heavy atom. The molecule has 0 amide bonds. The molecule has 4 heterocycles. The number of hydrogen-bond acceptors (Lipinski definition) is 4. The zero-order chi connectivity index (χ0) is 37.7. The minimum absolute atomic E-state index is 0. The molecule has 4 aromatic heterocycles. The van der Waals surface area contributed by atoms with Crippen LogP contribution in [0.4, 0.5) is 0 Å². The van der Waals surface area contributed by atoms with Crippen molar-refractivity contribution in [1.29, 1.82) is 0 Å². The van der Waals surface area contributed by atoms with E-state index in [0.29, 0.717) is 5.71 Å². The number of imidazole rings is 1. The van der Waals surface area contributed by atoms with Crippen LogP contribution < -0.4 is 5.19 Å². The first-order chi connectivity index (χ1) is 25.1. The average molecular weight is 892 g/mol. The minimum Gasteiger partial charge on any atom is -0.486 e. The van der Waals surface area contributed by atoms with E-state index >= 15 is 0 Å². The Balaban J connectivity index is 0.000000205. The molecule has 0 fully saturated rings. The van der Waals surface area contributed by atoms with E-state index in [2.05, 4.69) is 128 Å². The molecule has 0 spiro atoms. The third-order valence-electron chi connectivity index (χ3n) is 9.47. The summed E-state index contributed by atoms with van der Waals surface area (Å²) in [6.45, 7) is 19.4. The van der Waals surface area contributed by atoms with Gasteiger partial charge in [0.15, 0.2) is 0 Å². The fourth-order valence-corrected chi connectivity index (χ4v) is 7.55. The predicted molar refractivity (Wildman–Crippen MR) is 219 cm³/mol. The Labute approximate surface area is 329 Å². The van der Waals surface area contributed by atoms with Gasteiger partial charge >= 0.3 is 0 Å². The van der Waals surface area contributed by atoms with Crippen molar-refractivity contribution in [2.45, 2.75) is 72.5 Å². The minimum atomic E-state index is -1.29. The number of hydrogen-bond donors (Lipinski definition) is 0. The smallest absolute Gasteiger partial charge is 0.216 e. The van der Waals surface area contributed by atoms with Crippen molar-refractivity contribution in [2.75, 3.05) is 0 Å². The van der Waals surface area contributed by atoms with Crippen molar-refractivity contribution in [3.05, 3.63) is 138 Å². The molecule has 0 aliphatic rings. The number of para-hydroxylation sites is 3. The van der Waals surface area contributed by atoms with Crippen LogP contribution in [-0.4, -0.2) is 27.6 Å². The van der Waals surface area contributed by atoms with Crippen LogP contribution in [0.1, 0.15) is 58.7 Å². The van der Waals surface area contributed by atoms with Gasteiger partial charge in [0.2, 0.25) is 5.71 Å². The van der Waals surface area contributed by atoms with E-state index in [1.807, 2.05) is 69.4 Å². The molecule has 271 valence electrons. The van der Waals surface area contributed by atoms with Gasteiger partial charge < -0.3 is 14.0 Å². The first-order valence-electron chi connectivity index (χ1n) is 18.4. The summed E-state index contributed by atoms with van der Waals surface area (Å²) in [4.78, 5) is 14.2. The third kappa shape index (κ3) is 7.70. The van der Waals surface area contributed by atoms with Gasteiger partial charge in [-0.15, -0.1) is 53.6 Å². The molecule has 0 unspecified atom stereocenters. The molecule has 8 rings (SSSR count). The zero-order valence-corrected chi connectivity index (χ0v) is 35.3. The quantitative estimate of drug-likeness (QED) is 0.128. The molecular weight excluding hydrogens is 845 g/mol. The van der Waals surface area contributed by atoms with Gasteiger partial charge in [-0.25, -0.2) is 4.98 Å². The van der Waals surface area contributed by atoms with Crippen LogP contribution in [0.5, 0.6) is 0 Å². The third-order valence-corrected chi connectivity index (χ3v) is 11.5. The van der Waals surface area contributed by atoms with E-state index in [1.165, 1.54) is 10.8 Å². The molecule has 53 heavy (non-hydrogen) atoms. The van der Waals surface area contributed by atoms with E-state index < -0.39 is 14.0 Å². The van der Waals surface area contributed by atoms with Gasteiger partial charge in [-0.1, -0.05) is 114 Å². The summed E-state index contributed by atoms with van der Waals surface area (Å²) in [6, 6.07) is 41.7. The van der Waals surface area contributed by atoms with Crippen LogP contribution in [0.2, 0.25) is 19.6 Å². The summed E-state index contributed by atoms with van der Waals surface area (Å²) in [6.07, 6.45) is 2.00. The zero-order valence-electron chi connectivity index (χ0n) is 32.9.